The van der Waals surface area contributed by atoms with Crippen molar-refractivity contribution in [3.05, 3.63) is 71.3 Å². The zero-order valence-electron chi connectivity index (χ0n) is 16.0. The Morgan fingerprint density at radius 3 is 2.33 bits per heavy atom. The molecule has 2 fully saturated rings. The van der Waals surface area contributed by atoms with Crippen LogP contribution in [0.1, 0.15) is 41.9 Å². The van der Waals surface area contributed by atoms with E-state index in [0.717, 1.165) is 12.8 Å². The molecule has 0 radical (unpaired) electrons. The van der Waals surface area contributed by atoms with Gasteiger partial charge in [-0.15, -0.1) is 0 Å². The number of methoxy groups -OCH3 is 1. The molecule has 2 bridgehead atoms. The Morgan fingerprint density at radius 2 is 1.67 bits per heavy atom. The number of fused-ring (bicyclic) bond motifs is 2. The van der Waals surface area contributed by atoms with Crippen LogP contribution in [0.2, 0.25) is 0 Å². The van der Waals surface area contributed by atoms with Gasteiger partial charge in [0, 0.05) is 18.0 Å². The molecule has 0 aromatic heterocycles. The van der Waals surface area contributed by atoms with Crippen molar-refractivity contribution in [2.75, 3.05) is 14.2 Å². The zero-order valence-corrected chi connectivity index (χ0v) is 16.0. The van der Waals surface area contributed by atoms with Gasteiger partial charge in [0.1, 0.15) is 0 Å². The van der Waals surface area contributed by atoms with Crippen molar-refractivity contribution < 1.29 is 9.53 Å². The molecule has 2 unspecified atom stereocenters. The van der Waals surface area contributed by atoms with Crippen molar-refractivity contribution in [1.82, 2.24) is 4.90 Å². The average Bonchev–Trinajstić information content (AvgIpc) is 2.95. The van der Waals surface area contributed by atoms with Crippen LogP contribution in [0.3, 0.4) is 0 Å². The van der Waals surface area contributed by atoms with Crippen LogP contribution < -0.4 is 0 Å². The van der Waals surface area contributed by atoms with Crippen LogP contribution in [0.4, 0.5) is 0 Å². The van der Waals surface area contributed by atoms with Gasteiger partial charge in [0.05, 0.1) is 13.0 Å². The van der Waals surface area contributed by atoms with Crippen LogP contribution in [-0.4, -0.2) is 37.1 Å². The minimum atomic E-state index is -0.0653. The van der Waals surface area contributed by atoms with E-state index in [9.17, 15) is 4.79 Å². The number of benzene rings is 2. The molecule has 2 aromatic rings. The minimum absolute atomic E-state index is 0.0646. The number of piperidine rings is 1. The zero-order chi connectivity index (χ0) is 18.8. The van der Waals surface area contributed by atoms with Gasteiger partial charge >= 0.3 is 5.97 Å². The summed E-state index contributed by atoms with van der Waals surface area (Å²) < 4.78 is 5.17. The molecule has 0 amide bonds. The van der Waals surface area contributed by atoms with E-state index in [-0.39, 0.29) is 17.8 Å². The summed E-state index contributed by atoms with van der Waals surface area (Å²) in [6, 6.07) is 19.9. The molecule has 3 nitrogen and oxygen atoms in total. The molecule has 2 heterocycles. The summed E-state index contributed by atoms with van der Waals surface area (Å²) in [6.07, 6.45) is 7.57. The highest BCUT2D eigenvalue weighted by Crippen LogP contribution is 2.46. The van der Waals surface area contributed by atoms with Gasteiger partial charge in [-0.3, -0.25) is 9.69 Å². The number of hydrogen-bond acceptors (Lipinski definition) is 3. The van der Waals surface area contributed by atoms with Gasteiger partial charge in [-0.2, -0.15) is 0 Å². The molecule has 0 spiro atoms. The van der Waals surface area contributed by atoms with Gasteiger partial charge in [-0.05, 0) is 43.0 Å². The summed E-state index contributed by atoms with van der Waals surface area (Å²) in [5.74, 6) is 0.119. The molecule has 3 heteroatoms. The van der Waals surface area contributed by atoms with E-state index in [1.54, 1.807) is 0 Å². The van der Waals surface area contributed by atoms with Crippen LogP contribution in [-0.2, 0) is 9.53 Å². The van der Waals surface area contributed by atoms with Crippen LogP contribution in [0.25, 0.3) is 12.2 Å². The molecule has 4 atom stereocenters. The first-order valence-corrected chi connectivity index (χ1v) is 9.80. The number of carbonyl (C=O) groups excluding carboxylic acids is 1. The molecule has 4 rings (SSSR count). The van der Waals surface area contributed by atoms with Crippen molar-refractivity contribution in [1.29, 1.82) is 0 Å². The van der Waals surface area contributed by atoms with Gasteiger partial charge < -0.3 is 4.74 Å². The maximum Gasteiger partial charge on any atom is 0.310 e. The van der Waals surface area contributed by atoms with E-state index in [2.05, 4.69) is 60.5 Å². The van der Waals surface area contributed by atoms with Gasteiger partial charge in [-0.25, -0.2) is 0 Å². The molecular formula is C24H27NO2. The Hall–Kier alpha value is -2.39. The van der Waals surface area contributed by atoms with E-state index in [1.807, 2.05) is 18.2 Å². The lowest BCUT2D eigenvalue weighted by atomic mass is 9.76. The first kappa shape index (κ1) is 18.0. The predicted octanol–water partition coefficient (Wildman–Crippen LogP) is 4.60. The Balaban J connectivity index is 1.55. The second-order valence-electron chi connectivity index (χ2n) is 7.77. The summed E-state index contributed by atoms with van der Waals surface area (Å²) in [6.45, 7) is 0. The highest BCUT2D eigenvalue weighted by Gasteiger charge is 2.49. The lowest BCUT2D eigenvalue weighted by Crippen LogP contribution is -2.49. The van der Waals surface area contributed by atoms with Gasteiger partial charge in [0.15, 0.2) is 0 Å². The fraction of sp³-hybridized carbons (Fsp3) is 0.375. The van der Waals surface area contributed by atoms with E-state index in [0.29, 0.717) is 12.1 Å². The summed E-state index contributed by atoms with van der Waals surface area (Å²) >= 11 is 0. The Morgan fingerprint density at radius 1 is 1.00 bits per heavy atom. The number of rotatable bonds is 4. The lowest BCUT2D eigenvalue weighted by molar-refractivity contribution is -0.150. The third kappa shape index (κ3) is 3.57. The molecule has 140 valence electrons. The molecule has 2 aliphatic heterocycles. The monoisotopic (exact) mass is 361 g/mol. The SMILES string of the molecule is COC(=O)C1[C@@H](c2ccc(/C=C\c3ccccc3)cc2)CC2CC[C@H]1N2C. The largest absolute Gasteiger partial charge is 0.469 e. The predicted molar refractivity (Wildman–Crippen MR) is 109 cm³/mol. The lowest BCUT2D eigenvalue weighted by Gasteiger charge is -2.41. The number of esters is 1. The molecule has 27 heavy (non-hydrogen) atoms. The average molecular weight is 361 g/mol. The topological polar surface area (TPSA) is 29.5 Å². The summed E-state index contributed by atoms with van der Waals surface area (Å²) in [7, 11) is 3.67. The Bertz CT molecular complexity index is 812. The molecule has 0 N–H and O–H groups in total. The number of ether oxygens (including phenoxy) is 1. The Kier molecular flexibility index (Phi) is 5.13. The van der Waals surface area contributed by atoms with Crippen molar-refractivity contribution in [2.45, 2.75) is 37.3 Å². The van der Waals surface area contributed by atoms with E-state index >= 15 is 0 Å². The molecule has 2 aromatic carbocycles. The highest BCUT2D eigenvalue weighted by atomic mass is 16.5. The standard InChI is InChI=1S/C24H27NO2/c1-25-20-14-15-22(25)23(24(26)27-2)21(16-20)19-12-10-18(11-13-19)9-8-17-6-4-3-5-7-17/h3-13,20-23H,14-16H2,1-2H3/b9-8-/t20?,21-,22-,23?/m1/s1. The molecule has 2 saturated heterocycles. The van der Waals surface area contributed by atoms with Crippen LogP contribution in [0.15, 0.2) is 54.6 Å². The molecule has 2 aliphatic rings. The highest BCUT2D eigenvalue weighted by molar-refractivity contribution is 5.75. The van der Waals surface area contributed by atoms with Crippen LogP contribution >= 0.6 is 0 Å². The fourth-order valence-corrected chi connectivity index (χ4v) is 4.88. The summed E-state index contributed by atoms with van der Waals surface area (Å²) in [5, 5.41) is 0. The maximum absolute atomic E-state index is 12.6. The van der Waals surface area contributed by atoms with Crippen molar-refractivity contribution >= 4 is 18.1 Å². The summed E-state index contributed by atoms with van der Waals surface area (Å²) in [5.41, 5.74) is 3.62. The van der Waals surface area contributed by atoms with Crippen molar-refractivity contribution in [3.63, 3.8) is 0 Å². The van der Waals surface area contributed by atoms with Gasteiger partial charge in [-0.1, -0.05) is 66.7 Å². The van der Waals surface area contributed by atoms with E-state index < -0.39 is 0 Å². The maximum atomic E-state index is 12.6. The second-order valence-corrected chi connectivity index (χ2v) is 7.77. The third-order valence-electron chi connectivity index (χ3n) is 6.37. The quantitative estimate of drug-likeness (QED) is 0.589. The first-order chi connectivity index (χ1) is 13.2. The number of nitrogens with zero attached hydrogens (tertiary/aromatic N) is 1. The number of carbonyl (C=O) groups is 1. The van der Waals surface area contributed by atoms with Gasteiger partial charge in [0.25, 0.3) is 0 Å². The molecule has 0 aliphatic carbocycles. The first-order valence-electron chi connectivity index (χ1n) is 9.80. The third-order valence-corrected chi connectivity index (χ3v) is 6.37. The molecule has 0 saturated carbocycles. The van der Waals surface area contributed by atoms with Crippen LogP contribution in [0, 0.1) is 5.92 Å². The van der Waals surface area contributed by atoms with Crippen molar-refractivity contribution in [2.24, 2.45) is 5.92 Å². The normalized spacial score (nSPS) is 27.8. The second kappa shape index (κ2) is 7.69. The fourth-order valence-electron chi connectivity index (χ4n) is 4.88. The van der Waals surface area contributed by atoms with Crippen LogP contribution in [0.5, 0.6) is 0 Å². The van der Waals surface area contributed by atoms with Gasteiger partial charge in [0.2, 0.25) is 0 Å². The van der Waals surface area contributed by atoms with Crippen molar-refractivity contribution in [3.8, 4) is 0 Å². The smallest absolute Gasteiger partial charge is 0.310 e. The minimum Gasteiger partial charge on any atom is -0.469 e. The molecular weight excluding hydrogens is 334 g/mol. The number of hydrogen-bond donors (Lipinski definition) is 0. The Labute approximate surface area is 161 Å². The van der Waals surface area contributed by atoms with E-state index in [1.165, 1.54) is 30.2 Å². The summed E-state index contributed by atoms with van der Waals surface area (Å²) in [4.78, 5) is 14.9. The van der Waals surface area contributed by atoms with E-state index in [4.69, 9.17) is 4.74 Å².